The number of hydrogen-bond acceptors (Lipinski definition) is 4. The molecular weight excluding hydrogens is 353 g/mol. The van der Waals surface area contributed by atoms with E-state index in [1.807, 2.05) is 12.1 Å². The van der Waals surface area contributed by atoms with Gasteiger partial charge >= 0.3 is 0 Å². The van der Waals surface area contributed by atoms with Crippen molar-refractivity contribution in [1.29, 1.82) is 0 Å². The van der Waals surface area contributed by atoms with E-state index in [-0.39, 0.29) is 24.0 Å². The number of methoxy groups -OCH3 is 1. The summed E-state index contributed by atoms with van der Waals surface area (Å²) in [5.41, 5.74) is 1.34. The highest BCUT2D eigenvalue weighted by atomic mass is 127. The number of ether oxygens (including phenoxy) is 1. The largest absolute Gasteiger partial charge is 0.497 e. The second-order valence-electron chi connectivity index (χ2n) is 4.39. The van der Waals surface area contributed by atoms with Crippen LogP contribution in [0.5, 0.6) is 5.75 Å². The van der Waals surface area contributed by atoms with Crippen LogP contribution in [0, 0.1) is 0 Å². The van der Waals surface area contributed by atoms with Gasteiger partial charge in [-0.1, -0.05) is 12.1 Å². The lowest BCUT2D eigenvalue weighted by Gasteiger charge is -2.15. The van der Waals surface area contributed by atoms with Gasteiger partial charge in [0, 0.05) is 19.6 Å². The molecule has 2 rings (SSSR count). The zero-order valence-electron chi connectivity index (χ0n) is 11.3. The molecule has 0 amide bonds. The van der Waals surface area contributed by atoms with E-state index in [1.165, 1.54) is 5.56 Å². The van der Waals surface area contributed by atoms with Gasteiger partial charge in [-0.05, 0) is 37.0 Å². The number of rotatable bonds is 5. The number of halogens is 1. The van der Waals surface area contributed by atoms with E-state index in [2.05, 4.69) is 27.8 Å². The van der Waals surface area contributed by atoms with Crippen LogP contribution in [0.3, 0.4) is 0 Å². The predicted octanol–water partition coefficient (Wildman–Crippen LogP) is 2.18. The molecular formula is C14H22IN3O. The third-order valence-corrected chi connectivity index (χ3v) is 2.99. The summed E-state index contributed by atoms with van der Waals surface area (Å²) in [6.45, 7) is 2.93. The van der Waals surface area contributed by atoms with Crippen LogP contribution in [-0.2, 0) is 6.42 Å². The highest BCUT2D eigenvalue weighted by Crippen LogP contribution is 2.12. The fourth-order valence-corrected chi connectivity index (χ4v) is 1.94. The molecule has 1 aromatic rings. The standard InChI is InChI=1S/C14H21N3O.HI/c1-18-13-7-5-12(6-8-13)4-2-9-15-14-16-10-3-11-17-14;/h5-8H,2-4,9-11H2,1H3,(H2,15,16,17);1H. The number of hydrogen-bond donors (Lipinski definition) is 2. The Hall–Kier alpha value is -0.980. The Morgan fingerprint density at radius 3 is 2.74 bits per heavy atom. The molecule has 1 aromatic carbocycles. The Kier molecular flexibility index (Phi) is 7.62. The lowest BCUT2D eigenvalue weighted by atomic mass is 10.1. The van der Waals surface area contributed by atoms with E-state index in [0.29, 0.717) is 0 Å². The molecule has 4 nitrogen and oxygen atoms in total. The van der Waals surface area contributed by atoms with E-state index in [1.54, 1.807) is 7.11 Å². The third kappa shape index (κ3) is 5.67. The van der Waals surface area contributed by atoms with Crippen LogP contribution in [0.15, 0.2) is 29.3 Å². The molecule has 1 aliphatic heterocycles. The van der Waals surface area contributed by atoms with Gasteiger partial charge in [-0.25, -0.2) is 0 Å². The normalized spacial score (nSPS) is 13.8. The van der Waals surface area contributed by atoms with Crippen LogP contribution in [0.2, 0.25) is 0 Å². The second-order valence-corrected chi connectivity index (χ2v) is 4.39. The smallest absolute Gasteiger partial charge is 0.191 e. The van der Waals surface area contributed by atoms with Crippen molar-refractivity contribution in [2.75, 3.05) is 26.7 Å². The molecule has 0 saturated heterocycles. The highest BCUT2D eigenvalue weighted by molar-refractivity contribution is 14.0. The number of aliphatic imine (C=N–C) groups is 1. The molecule has 5 heteroatoms. The second kappa shape index (κ2) is 9.01. The first kappa shape index (κ1) is 16.1. The predicted molar refractivity (Wildman–Crippen MR) is 89.7 cm³/mol. The third-order valence-electron chi connectivity index (χ3n) is 2.99. The Morgan fingerprint density at radius 1 is 1.32 bits per heavy atom. The van der Waals surface area contributed by atoms with Crippen LogP contribution in [0.4, 0.5) is 0 Å². The number of aryl methyl sites for hydroxylation is 1. The van der Waals surface area contributed by atoms with Gasteiger partial charge in [0.1, 0.15) is 5.75 Å². The summed E-state index contributed by atoms with van der Waals surface area (Å²) >= 11 is 0. The SMILES string of the molecule is COc1ccc(CCCNC2=NCCCN2)cc1.I. The maximum Gasteiger partial charge on any atom is 0.191 e. The van der Waals surface area contributed by atoms with Crippen molar-refractivity contribution in [3.05, 3.63) is 29.8 Å². The van der Waals surface area contributed by atoms with Crippen molar-refractivity contribution in [3.63, 3.8) is 0 Å². The summed E-state index contributed by atoms with van der Waals surface area (Å²) in [5.74, 6) is 1.87. The van der Waals surface area contributed by atoms with Gasteiger partial charge in [0.2, 0.25) is 0 Å². The molecule has 0 radical (unpaired) electrons. The zero-order valence-corrected chi connectivity index (χ0v) is 13.6. The maximum atomic E-state index is 5.14. The average Bonchev–Trinajstić information content (AvgIpc) is 2.45. The number of nitrogens with one attached hydrogen (secondary N) is 2. The van der Waals surface area contributed by atoms with Crippen molar-refractivity contribution in [1.82, 2.24) is 10.6 Å². The minimum absolute atomic E-state index is 0. The minimum atomic E-state index is 0. The molecule has 2 N–H and O–H groups in total. The maximum absolute atomic E-state index is 5.14. The molecule has 19 heavy (non-hydrogen) atoms. The monoisotopic (exact) mass is 375 g/mol. The van der Waals surface area contributed by atoms with Crippen LogP contribution in [0.25, 0.3) is 0 Å². The Balaban J connectivity index is 0.00000180. The Bertz CT molecular complexity index is 392. The zero-order chi connectivity index (χ0) is 12.6. The average molecular weight is 375 g/mol. The topological polar surface area (TPSA) is 45.6 Å². The lowest BCUT2D eigenvalue weighted by Crippen LogP contribution is -2.41. The molecule has 0 atom stereocenters. The van der Waals surface area contributed by atoms with E-state index in [9.17, 15) is 0 Å². The fourth-order valence-electron chi connectivity index (χ4n) is 1.94. The molecule has 0 aromatic heterocycles. The van der Waals surface area contributed by atoms with Crippen LogP contribution >= 0.6 is 24.0 Å². The number of nitrogens with zero attached hydrogens (tertiary/aromatic N) is 1. The van der Waals surface area contributed by atoms with Gasteiger partial charge in [0.05, 0.1) is 7.11 Å². The van der Waals surface area contributed by atoms with Crippen molar-refractivity contribution in [2.45, 2.75) is 19.3 Å². The van der Waals surface area contributed by atoms with E-state index >= 15 is 0 Å². The first-order valence-electron chi connectivity index (χ1n) is 6.53. The molecule has 0 spiro atoms. The summed E-state index contributed by atoms with van der Waals surface area (Å²) in [6.07, 6.45) is 3.31. The molecule has 0 unspecified atom stereocenters. The van der Waals surface area contributed by atoms with Crippen LogP contribution in [0.1, 0.15) is 18.4 Å². The number of benzene rings is 1. The Morgan fingerprint density at radius 2 is 2.11 bits per heavy atom. The van der Waals surface area contributed by atoms with Crippen molar-refractivity contribution in [3.8, 4) is 5.75 Å². The lowest BCUT2D eigenvalue weighted by molar-refractivity contribution is 0.414. The van der Waals surface area contributed by atoms with Gasteiger partial charge in [-0.15, -0.1) is 24.0 Å². The molecule has 1 aliphatic rings. The first-order valence-corrected chi connectivity index (χ1v) is 6.53. The van der Waals surface area contributed by atoms with Gasteiger partial charge in [-0.2, -0.15) is 0 Å². The molecule has 1 heterocycles. The van der Waals surface area contributed by atoms with E-state index < -0.39 is 0 Å². The molecule has 0 saturated carbocycles. The van der Waals surface area contributed by atoms with Crippen LogP contribution in [-0.4, -0.2) is 32.7 Å². The van der Waals surface area contributed by atoms with E-state index in [0.717, 1.165) is 50.6 Å². The van der Waals surface area contributed by atoms with Gasteiger partial charge < -0.3 is 15.4 Å². The quantitative estimate of drug-likeness (QED) is 0.613. The van der Waals surface area contributed by atoms with Gasteiger partial charge in [-0.3, -0.25) is 4.99 Å². The fraction of sp³-hybridized carbons (Fsp3) is 0.500. The summed E-state index contributed by atoms with van der Waals surface area (Å²) in [5, 5.41) is 6.58. The summed E-state index contributed by atoms with van der Waals surface area (Å²) in [6, 6.07) is 8.26. The Labute approximate surface area is 132 Å². The van der Waals surface area contributed by atoms with Crippen LogP contribution < -0.4 is 15.4 Å². The molecule has 0 aliphatic carbocycles. The van der Waals surface area contributed by atoms with Crippen molar-refractivity contribution < 1.29 is 4.74 Å². The summed E-state index contributed by atoms with van der Waals surface area (Å²) < 4.78 is 5.14. The van der Waals surface area contributed by atoms with Gasteiger partial charge in [0.25, 0.3) is 0 Å². The van der Waals surface area contributed by atoms with E-state index in [4.69, 9.17) is 4.74 Å². The van der Waals surface area contributed by atoms with Crippen molar-refractivity contribution in [2.24, 2.45) is 4.99 Å². The molecule has 0 bridgehead atoms. The minimum Gasteiger partial charge on any atom is -0.497 e. The summed E-state index contributed by atoms with van der Waals surface area (Å²) in [4.78, 5) is 4.37. The summed E-state index contributed by atoms with van der Waals surface area (Å²) in [7, 11) is 1.69. The molecule has 0 fully saturated rings. The molecule has 106 valence electrons. The van der Waals surface area contributed by atoms with Gasteiger partial charge in [0.15, 0.2) is 5.96 Å². The van der Waals surface area contributed by atoms with Crippen molar-refractivity contribution >= 4 is 29.9 Å². The number of guanidine groups is 1. The first-order chi connectivity index (χ1) is 8.88. The highest BCUT2D eigenvalue weighted by Gasteiger charge is 2.02.